The number of carbonyl (C=O) groups is 2. The van der Waals surface area contributed by atoms with Crippen LogP contribution in [0.4, 0.5) is 40.1 Å². The van der Waals surface area contributed by atoms with Crippen molar-refractivity contribution in [2.45, 2.75) is 6.18 Å². The maximum Gasteiger partial charge on any atom is 0.416 e. The van der Waals surface area contributed by atoms with Gasteiger partial charge in [0.05, 0.1) is 27.5 Å². The van der Waals surface area contributed by atoms with Gasteiger partial charge in [0.15, 0.2) is 5.65 Å². The van der Waals surface area contributed by atoms with Gasteiger partial charge in [0.1, 0.15) is 5.75 Å². The molecule has 0 spiro atoms. The number of carbonyl (C=O) groups excluding carboxylic acids is 1. The number of nitrogens with zero attached hydrogens (tertiary/aromatic N) is 3. The number of fused-ring (bicyclic) bond motifs is 1. The van der Waals surface area contributed by atoms with Crippen molar-refractivity contribution < 1.29 is 32.6 Å². The first-order chi connectivity index (χ1) is 16.5. The Hall–Kier alpha value is -4.52. The average molecular weight is 507 g/mol. The third-order valence-electron chi connectivity index (χ3n) is 4.60. The lowest BCUT2D eigenvalue weighted by molar-refractivity contribution is -0.137. The van der Waals surface area contributed by atoms with Crippen molar-refractivity contribution in [2.24, 2.45) is 5.73 Å². The number of rotatable bonds is 5. The van der Waals surface area contributed by atoms with Crippen LogP contribution in [0.2, 0.25) is 5.02 Å². The Morgan fingerprint density at radius 2 is 1.80 bits per heavy atom. The molecule has 0 aliphatic carbocycles. The van der Waals surface area contributed by atoms with Gasteiger partial charge in [-0.1, -0.05) is 11.6 Å². The van der Waals surface area contributed by atoms with Crippen LogP contribution < -0.4 is 20.7 Å². The molecule has 10 nitrogen and oxygen atoms in total. The van der Waals surface area contributed by atoms with Crippen molar-refractivity contribution in [3.8, 4) is 11.6 Å². The molecule has 4 aromatic rings. The van der Waals surface area contributed by atoms with E-state index in [4.69, 9.17) is 27.2 Å². The van der Waals surface area contributed by atoms with Gasteiger partial charge in [0, 0.05) is 6.07 Å². The van der Waals surface area contributed by atoms with Gasteiger partial charge >= 0.3 is 18.3 Å². The molecule has 0 saturated carbocycles. The Labute approximate surface area is 199 Å². The minimum atomic E-state index is -4.65. The molecule has 0 saturated heterocycles. The monoisotopic (exact) mass is 506 g/mol. The number of primary amides is 1. The summed E-state index contributed by atoms with van der Waals surface area (Å²) < 4.78 is 45.1. The third-order valence-corrected chi connectivity index (χ3v) is 4.92. The minimum absolute atomic E-state index is 0.0127. The smallest absolute Gasteiger partial charge is 0.416 e. The average Bonchev–Trinajstić information content (AvgIpc) is 3.16. The van der Waals surface area contributed by atoms with E-state index in [0.717, 1.165) is 23.1 Å². The largest absolute Gasteiger partial charge is 0.465 e. The zero-order valence-corrected chi connectivity index (χ0v) is 18.1. The number of ether oxygens (including phenoxy) is 1. The van der Waals surface area contributed by atoms with E-state index in [1.807, 2.05) is 0 Å². The van der Waals surface area contributed by atoms with Gasteiger partial charge in [-0.25, -0.2) is 9.59 Å². The number of urea groups is 1. The van der Waals surface area contributed by atoms with E-state index < -0.39 is 23.9 Å². The molecule has 14 heteroatoms. The van der Waals surface area contributed by atoms with Gasteiger partial charge < -0.3 is 20.6 Å². The lowest BCUT2D eigenvalue weighted by Gasteiger charge is -2.23. The molecule has 4 rings (SSSR count). The van der Waals surface area contributed by atoms with Crippen LogP contribution >= 0.6 is 11.6 Å². The van der Waals surface area contributed by atoms with Gasteiger partial charge in [-0.15, -0.1) is 0 Å². The SMILES string of the molecule is NC(=O)N(c1ccc(Oc2ccc3[nH]c(NC(=O)O)nc3n2)cc1)c1cc(C(F)(F)F)ccc1Cl. The number of H-pyrrole nitrogens is 1. The lowest BCUT2D eigenvalue weighted by atomic mass is 10.1. The number of anilines is 3. The predicted molar refractivity (Wildman–Crippen MR) is 120 cm³/mol. The van der Waals surface area contributed by atoms with Crippen LogP contribution in [0.15, 0.2) is 54.6 Å². The van der Waals surface area contributed by atoms with Crippen molar-refractivity contribution in [1.29, 1.82) is 0 Å². The van der Waals surface area contributed by atoms with Gasteiger partial charge in [0.2, 0.25) is 11.8 Å². The normalized spacial score (nSPS) is 11.3. The molecular formula is C21H14ClF3N6O4. The Kier molecular flexibility index (Phi) is 6.09. The zero-order chi connectivity index (χ0) is 25.3. The molecule has 3 amide bonds. The lowest BCUT2D eigenvalue weighted by Crippen LogP contribution is -2.31. The minimum Gasteiger partial charge on any atom is -0.465 e. The van der Waals surface area contributed by atoms with Crippen molar-refractivity contribution in [3.05, 3.63) is 65.2 Å². The summed E-state index contributed by atoms with van der Waals surface area (Å²) in [5, 5.41) is 10.7. The highest BCUT2D eigenvalue weighted by molar-refractivity contribution is 6.34. The van der Waals surface area contributed by atoms with Gasteiger partial charge in [-0.2, -0.15) is 23.1 Å². The summed E-state index contributed by atoms with van der Waals surface area (Å²) >= 11 is 6.06. The molecule has 2 aromatic heterocycles. The fourth-order valence-electron chi connectivity index (χ4n) is 3.12. The molecule has 0 fully saturated rings. The van der Waals surface area contributed by atoms with Gasteiger partial charge in [-0.05, 0) is 48.5 Å². The van der Waals surface area contributed by atoms with Crippen molar-refractivity contribution in [2.75, 3.05) is 10.2 Å². The number of nitrogens with two attached hydrogens (primary N) is 1. The van der Waals surface area contributed by atoms with Crippen LogP contribution in [0.3, 0.4) is 0 Å². The van der Waals surface area contributed by atoms with Crippen LogP contribution in [-0.2, 0) is 6.18 Å². The molecule has 2 aromatic carbocycles. The number of amides is 3. The summed E-state index contributed by atoms with van der Waals surface area (Å²) in [4.78, 5) is 34.6. The molecule has 2 heterocycles. The molecule has 5 N–H and O–H groups in total. The summed E-state index contributed by atoms with van der Waals surface area (Å²) in [5.74, 6) is 0.396. The fraction of sp³-hybridized carbons (Fsp3) is 0.0476. The number of nitrogens with one attached hydrogen (secondary N) is 2. The Morgan fingerprint density at radius 3 is 2.43 bits per heavy atom. The highest BCUT2D eigenvalue weighted by atomic mass is 35.5. The summed E-state index contributed by atoms with van der Waals surface area (Å²) in [5.41, 5.74) is 5.00. The number of hydrogen-bond acceptors (Lipinski definition) is 5. The molecule has 0 aliphatic heterocycles. The number of halogens is 4. The summed E-state index contributed by atoms with van der Waals surface area (Å²) in [6.07, 6.45) is -5.94. The van der Waals surface area contributed by atoms with Crippen LogP contribution in [-0.4, -0.2) is 32.2 Å². The molecule has 35 heavy (non-hydrogen) atoms. The fourth-order valence-corrected chi connectivity index (χ4v) is 3.32. The summed E-state index contributed by atoms with van der Waals surface area (Å²) in [6, 6.07) is 10.3. The molecule has 180 valence electrons. The van der Waals surface area contributed by atoms with Crippen molar-refractivity contribution >= 4 is 52.2 Å². The zero-order valence-electron chi connectivity index (χ0n) is 17.3. The molecule has 0 aliphatic rings. The Balaban J connectivity index is 1.59. The third kappa shape index (κ3) is 5.19. The number of aromatic amines is 1. The molecule has 0 atom stereocenters. The standard InChI is InChI=1S/C21H14ClF3N6O4/c22-13-6-1-10(21(23,24)25)9-15(13)31(18(26)32)11-2-4-12(5-3-11)35-16-8-7-14-17(28-16)29-19(27-14)30-20(33)34/h1-9H,(H2,26,32)(H,33,34)(H2,27,28,29,30). The maximum atomic E-state index is 13.1. The molecule has 0 bridgehead atoms. The Bertz CT molecular complexity index is 1430. The highest BCUT2D eigenvalue weighted by Crippen LogP contribution is 2.38. The van der Waals surface area contributed by atoms with Crippen LogP contribution in [0.25, 0.3) is 11.2 Å². The highest BCUT2D eigenvalue weighted by Gasteiger charge is 2.32. The maximum absolute atomic E-state index is 13.1. The van der Waals surface area contributed by atoms with Crippen LogP contribution in [0.1, 0.15) is 5.56 Å². The van der Waals surface area contributed by atoms with Gasteiger partial charge in [-0.3, -0.25) is 10.2 Å². The topological polar surface area (TPSA) is 146 Å². The first-order valence-electron chi connectivity index (χ1n) is 9.62. The van der Waals surface area contributed by atoms with E-state index >= 15 is 0 Å². The number of benzene rings is 2. The number of carboxylic acid groups (broad SMARTS) is 1. The van der Waals surface area contributed by atoms with Crippen molar-refractivity contribution in [1.82, 2.24) is 15.0 Å². The van der Waals surface area contributed by atoms with E-state index in [0.29, 0.717) is 5.52 Å². The number of pyridine rings is 1. The summed E-state index contributed by atoms with van der Waals surface area (Å²) in [7, 11) is 0. The van der Waals surface area contributed by atoms with Gasteiger partial charge in [0.25, 0.3) is 0 Å². The first kappa shape index (κ1) is 23.6. The van der Waals surface area contributed by atoms with E-state index in [2.05, 4.69) is 20.3 Å². The Morgan fingerprint density at radius 1 is 1.09 bits per heavy atom. The van der Waals surface area contributed by atoms with Crippen LogP contribution in [0.5, 0.6) is 11.6 Å². The predicted octanol–water partition coefficient (Wildman–Crippen LogP) is 5.73. The second-order valence-corrected chi connectivity index (χ2v) is 7.38. The summed E-state index contributed by atoms with van der Waals surface area (Å²) in [6.45, 7) is 0. The molecule has 0 radical (unpaired) electrons. The quantitative estimate of drug-likeness (QED) is 0.272. The molecule has 0 unspecified atom stereocenters. The number of aromatic nitrogens is 3. The van der Waals surface area contributed by atoms with Crippen LogP contribution in [0, 0.1) is 0 Å². The number of alkyl halides is 3. The number of hydrogen-bond donors (Lipinski definition) is 4. The van der Waals surface area contributed by atoms with E-state index in [1.54, 1.807) is 6.07 Å². The first-order valence-corrected chi connectivity index (χ1v) is 10.00. The second kappa shape index (κ2) is 9.02. The van der Waals surface area contributed by atoms with E-state index in [1.165, 1.54) is 30.3 Å². The number of imidazole rings is 1. The molecular weight excluding hydrogens is 493 g/mol. The van der Waals surface area contributed by atoms with Crippen molar-refractivity contribution in [3.63, 3.8) is 0 Å². The second-order valence-electron chi connectivity index (χ2n) is 6.97. The van der Waals surface area contributed by atoms with E-state index in [9.17, 15) is 22.8 Å². The van der Waals surface area contributed by atoms with E-state index in [-0.39, 0.29) is 39.6 Å².